The van der Waals surface area contributed by atoms with Gasteiger partial charge >= 0.3 is 0 Å². The summed E-state index contributed by atoms with van der Waals surface area (Å²) in [6.07, 6.45) is 1.79. The van der Waals surface area contributed by atoms with Gasteiger partial charge in [-0.1, -0.05) is 30.3 Å². The molecule has 23 heavy (non-hydrogen) atoms. The minimum Gasteiger partial charge on any atom is -0.355 e. The molecular formula is C17H26N2O3S. The molecule has 0 saturated carbocycles. The zero-order chi connectivity index (χ0) is 16.9. The predicted molar refractivity (Wildman–Crippen MR) is 92.0 cm³/mol. The van der Waals surface area contributed by atoms with Crippen molar-refractivity contribution in [2.24, 2.45) is 5.92 Å². The quantitative estimate of drug-likeness (QED) is 0.808. The van der Waals surface area contributed by atoms with Crippen LogP contribution in [0.25, 0.3) is 0 Å². The van der Waals surface area contributed by atoms with Crippen molar-refractivity contribution in [3.05, 3.63) is 35.9 Å². The van der Waals surface area contributed by atoms with Crippen LogP contribution in [0.1, 0.15) is 18.4 Å². The van der Waals surface area contributed by atoms with E-state index in [1.165, 1.54) is 5.56 Å². The van der Waals surface area contributed by atoms with Gasteiger partial charge < -0.3 is 10.2 Å². The average Bonchev–Trinajstić information content (AvgIpc) is 2.83. The molecule has 0 aliphatic carbocycles. The lowest BCUT2D eigenvalue weighted by Crippen LogP contribution is -2.42. The number of amides is 1. The highest BCUT2D eigenvalue weighted by atomic mass is 32.2. The third-order valence-corrected chi connectivity index (χ3v) is 6.22. The van der Waals surface area contributed by atoms with Crippen LogP contribution in [0.5, 0.6) is 0 Å². The summed E-state index contributed by atoms with van der Waals surface area (Å²) >= 11 is 0. The molecular weight excluding hydrogens is 312 g/mol. The molecule has 1 aromatic rings. The Labute approximate surface area is 139 Å². The Hall–Kier alpha value is -1.40. The smallest absolute Gasteiger partial charge is 0.220 e. The Bertz CT molecular complexity index is 614. The van der Waals surface area contributed by atoms with Crippen LogP contribution in [-0.2, 0) is 21.1 Å². The van der Waals surface area contributed by atoms with E-state index in [1.807, 2.05) is 32.3 Å². The summed E-state index contributed by atoms with van der Waals surface area (Å²) < 4.78 is 22.9. The Morgan fingerprint density at radius 1 is 1.30 bits per heavy atom. The first-order chi connectivity index (χ1) is 10.9. The van der Waals surface area contributed by atoms with Crippen molar-refractivity contribution in [3.8, 4) is 0 Å². The van der Waals surface area contributed by atoms with Crippen LogP contribution < -0.4 is 5.32 Å². The van der Waals surface area contributed by atoms with Gasteiger partial charge in [-0.15, -0.1) is 0 Å². The molecule has 0 bridgehead atoms. The molecule has 1 aliphatic heterocycles. The van der Waals surface area contributed by atoms with Gasteiger partial charge in [-0.3, -0.25) is 4.79 Å². The zero-order valence-corrected chi connectivity index (χ0v) is 14.7. The van der Waals surface area contributed by atoms with E-state index in [0.29, 0.717) is 19.4 Å². The molecule has 1 aliphatic rings. The first-order valence-corrected chi connectivity index (χ1v) is 9.85. The molecule has 2 unspecified atom stereocenters. The lowest BCUT2D eigenvalue weighted by Gasteiger charge is -2.25. The molecule has 6 heteroatoms. The minimum atomic E-state index is -2.91. The molecule has 0 radical (unpaired) electrons. The highest BCUT2D eigenvalue weighted by Gasteiger charge is 2.29. The van der Waals surface area contributed by atoms with Crippen LogP contribution in [0, 0.1) is 5.92 Å². The van der Waals surface area contributed by atoms with Crippen molar-refractivity contribution >= 4 is 15.7 Å². The maximum Gasteiger partial charge on any atom is 0.220 e. The van der Waals surface area contributed by atoms with Crippen molar-refractivity contribution in [3.63, 3.8) is 0 Å². The number of carbonyl (C=O) groups is 1. The minimum absolute atomic E-state index is 0.0214. The summed E-state index contributed by atoms with van der Waals surface area (Å²) in [5.41, 5.74) is 1.24. The van der Waals surface area contributed by atoms with Crippen LogP contribution in [0.3, 0.4) is 0 Å². The molecule has 2 atom stereocenters. The number of rotatable bonds is 7. The fraction of sp³-hybridized carbons (Fsp3) is 0.588. The van der Waals surface area contributed by atoms with Gasteiger partial charge in [-0.05, 0) is 38.4 Å². The number of carbonyl (C=O) groups excluding carboxylic acids is 1. The summed E-state index contributed by atoms with van der Waals surface area (Å²) in [6.45, 7) is 0.570. The van der Waals surface area contributed by atoms with Crippen LogP contribution in [0.15, 0.2) is 30.3 Å². The van der Waals surface area contributed by atoms with E-state index < -0.39 is 9.84 Å². The first-order valence-electron chi connectivity index (χ1n) is 8.03. The third-order valence-electron chi connectivity index (χ3n) is 4.38. The molecule has 1 fully saturated rings. The van der Waals surface area contributed by atoms with Crippen molar-refractivity contribution in [1.82, 2.24) is 10.2 Å². The molecule has 1 saturated heterocycles. The van der Waals surface area contributed by atoms with Crippen molar-refractivity contribution < 1.29 is 13.2 Å². The summed E-state index contributed by atoms with van der Waals surface area (Å²) in [6, 6.07) is 10.4. The number of likely N-dealkylation sites (N-methyl/N-ethyl adjacent to an activating group) is 1. The zero-order valence-electron chi connectivity index (χ0n) is 13.9. The maximum absolute atomic E-state index is 12.1. The first kappa shape index (κ1) is 17.9. The molecule has 0 spiro atoms. The van der Waals surface area contributed by atoms with Gasteiger partial charge in [0.2, 0.25) is 5.91 Å². The largest absolute Gasteiger partial charge is 0.355 e. The molecule has 0 aromatic heterocycles. The topological polar surface area (TPSA) is 66.5 Å². The van der Waals surface area contributed by atoms with E-state index in [0.717, 1.165) is 6.42 Å². The predicted octanol–water partition coefficient (Wildman–Crippen LogP) is 1.10. The SMILES string of the molecule is CN(C)C(CNC(=O)CC1CCS(=O)(=O)C1)Cc1ccccc1. The Balaban J connectivity index is 1.80. The van der Waals surface area contributed by atoms with Crippen LogP contribution in [0.4, 0.5) is 0 Å². The molecule has 1 N–H and O–H groups in total. The molecule has 1 amide bonds. The molecule has 1 aromatic carbocycles. The number of hydrogen-bond acceptors (Lipinski definition) is 4. The number of nitrogens with one attached hydrogen (secondary N) is 1. The van der Waals surface area contributed by atoms with E-state index in [4.69, 9.17) is 0 Å². The fourth-order valence-corrected chi connectivity index (χ4v) is 4.78. The maximum atomic E-state index is 12.1. The monoisotopic (exact) mass is 338 g/mol. The summed E-state index contributed by atoms with van der Waals surface area (Å²) in [5, 5.41) is 2.96. The van der Waals surface area contributed by atoms with Crippen molar-refractivity contribution in [2.45, 2.75) is 25.3 Å². The number of benzene rings is 1. The summed E-state index contributed by atoms with van der Waals surface area (Å²) in [4.78, 5) is 14.2. The van der Waals surface area contributed by atoms with Gasteiger partial charge in [0.05, 0.1) is 11.5 Å². The van der Waals surface area contributed by atoms with Crippen LogP contribution in [-0.4, -0.2) is 57.4 Å². The second kappa shape index (κ2) is 7.93. The van der Waals surface area contributed by atoms with Gasteiger partial charge in [-0.2, -0.15) is 0 Å². The van der Waals surface area contributed by atoms with Gasteiger partial charge in [-0.25, -0.2) is 8.42 Å². The number of sulfone groups is 1. The van der Waals surface area contributed by atoms with E-state index in [9.17, 15) is 13.2 Å². The van der Waals surface area contributed by atoms with Crippen LogP contribution >= 0.6 is 0 Å². The lowest BCUT2D eigenvalue weighted by atomic mass is 10.0. The Kier molecular flexibility index (Phi) is 6.18. The molecule has 5 nitrogen and oxygen atoms in total. The normalized spacial score (nSPS) is 21.3. The third kappa shape index (κ3) is 5.95. The molecule has 1 heterocycles. The highest BCUT2D eigenvalue weighted by molar-refractivity contribution is 7.91. The van der Waals surface area contributed by atoms with Crippen molar-refractivity contribution in [1.29, 1.82) is 0 Å². The van der Waals surface area contributed by atoms with Crippen LogP contribution in [0.2, 0.25) is 0 Å². The summed E-state index contributed by atoms with van der Waals surface area (Å²) in [7, 11) is 1.09. The average molecular weight is 338 g/mol. The lowest BCUT2D eigenvalue weighted by molar-refractivity contribution is -0.122. The van der Waals surface area contributed by atoms with Crippen molar-refractivity contribution in [2.75, 3.05) is 32.1 Å². The van der Waals surface area contributed by atoms with Gasteiger partial charge in [0, 0.05) is 19.0 Å². The number of hydrogen-bond donors (Lipinski definition) is 1. The second-order valence-electron chi connectivity index (χ2n) is 6.58. The molecule has 128 valence electrons. The van der Waals surface area contributed by atoms with Gasteiger partial charge in [0.15, 0.2) is 9.84 Å². The molecule has 2 rings (SSSR count). The summed E-state index contributed by atoms with van der Waals surface area (Å²) in [5.74, 6) is 0.305. The Morgan fingerprint density at radius 3 is 2.57 bits per heavy atom. The van der Waals surface area contributed by atoms with E-state index >= 15 is 0 Å². The van der Waals surface area contributed by atoms with E-state index in [1.54, 1.807) is 0 Å². The standard InChI is InChI=1S/C17H26N2O3S/c1-19(2)16(10-14-6-4-3-5-7-14)12-18-17(20)11-15-8-9-23(21,22)13-15/h3-7,15-16H,8-13H2,1-2H3,(H,18,20). The van der Waals surface area contributed by atoms with E-state index in [-0.39, 0.29) is 29.4 Å². The fourth-order valence-electron chi connectivity index (χ4n) is 2.92. The second-order valence-corrected chi connectivity index (χ2v) is 8.81. The highest BCUT2D eigenvalue weighted by Crippen LogP contribution is 2.21. The van der Waals surface area contributed by atoms with Gasteiger partial charge in [0.1, 0.15) is 0 Å². The number of nitrogens with zero attached hydrogens (tertiary/aromatic N) is 1. The Morgan fingerprint density at radius 2 is 2.00 bits per heavy atom. The van der Waals surface area contributed by atoms with Gasteiger partial charge in [0.25, 0.3) is 0 Å². The van der Waals surface area contributed by atoms with E-state index in [2.05, 4.69) is 22.3 Å².